The standard InChI is InChI=1S/C16H21FN4S2.HI/c1-18-15(19-8-4-11-22-16-21-10-12-23-16)20-9-7-13-5-2-3-6-14(13)17;/h2-3,5-6,10,12H,4,7-9,11H2,1H3,(H2,18,19,20);1H. The fourth-order valence-corrected chi connectivity index (χ4v) is 3.60. The van der Waals surface area contributed by atoms with Gasteiger partial charge in [-0.2, -0.15) is 0 Å². The Balaban J connectivity index is 0.00000288. The van der Waals surface area contributed by atoms with Crippen LogP contribution >= 0.6 is 47.1 Å². The summed E-state index contributed by atoms with van der Waals surface area (Å²) in [6, 6.07) is 6.85. The van der Waals surface area contributed by atoms with Gasteiger partial charge >= 0.3 is 0 Å². The van der Waals surface area contributed by atoms with Crippen LogP contribution in [0.25, 0.3) is 0 Å². The maximum Gasteiger partial charge on any atom is 0.190 e. The van der Waals surface area contributed by atoms with Crippen molar-refractivity contribution in [1.29, 1.82) is 0 Å². The second kappa shape index (κ2) is 12.5. The zero-order chi connectivity index (χ0) is 16.3. The van der Waals surface area contributed by atoms with E-state index in [1.54, 1.807) is 36.2 Å². The lowest BCUT2D eigenvalue weighted by Crippen LogP contribution is -2.38. The number of guanidine groups is 1. The summed E-state index contributed by atoms with van der Waals surface area (Å²) in [6.45, 7) is 1.49. The van der Waals surface area contributed by atoms with Crippen molar-refractivity contribution in [1.82, 2.24) is 15.6 Å². The highest BCUT2D eigenvalue weighted by Gasteiger charge is 2.02. The van der Waals surface area contributed by atoms with Crippen molar-refractivity contribution in [3.05, 3.63) is 47.2 Å². The zero-order valence-electron chi connectivity index (χ0n) is 13.5. The molecule has 4 nitrogen and oxygen atoms in total. The minimum Gasteiger partial charge on any atom is -0.356 e. The fraction of sp³-hybridized carbons (Fsp3) is 0.375. The molecule has 1 aromatic carbocycles. The van der Waals surface area contributed by atoms with Gasteiger partial charge in [0.2, 0.25) is 0 Å². The molecule has 0 radical (unpaired) electrons. The fourth-order valence-electron chi connectivity index (χ4n) is 1.96. The van der Waals surface area contributed by atoms with E-state index in [0.29, 0.717) is 13.0 Å². The number of rotatable bonds is 8. The molecule has 2 aromatic rings. The Kier molecular flexibility index (Phi) is 11.0. The first-order valence-electron chi connectivity index (χ1n) is 7.50. The second-order valence-electron chi connectivity index (χ2n) is 4.77. The van der Waals surface area contributed by atoms with Gasteiger partial charge in [-0.1, -0.05) is 30.0 Å². The van der Waals surface area contributed by atoms with Crippen LogP contribution in [-0.4, -0.2) is 36.8 Å². The van der Waals surface area contributed by atoms with Crippen molar-refractivity contribution >= 4 is 53.0 Å². The highest BCUT2D eigenvalue weighted by Crippen LogP contribution is 2.20. The molecule has 0 spiro atoms. The number of aliphatic imine (C=N–C) groups is 1. The monoisotopic (exact) mass is 480 g/mol. The molecule has 0 unspecified atom stereocenters. The summed E-state index contributed by atoms with van der Waals surface area (Å²) >= 11 is 3.44. The van der Waals surface area contributed by atoms with E-state index >= 15 is 0 Å². The maximum absolute atomic E-state index is 13.5. The van der Waals surface area contributed by atoms with E-state index in [1.165, 1.54) is 6.07 Å². The van der Waals surface area contributed by atoms with E-state index in [0.717, 1.165) is 34.6 Å². The molecular formula is C16H22FIN4S2. The highest BCUT2D eigenvalue weighted by molar-refractivity contribution is 14.0. The second-order valence-corrected chi connectivity index (χ2v) is 7.00. The van der Waals surface area contributed by atoms with Gasteiger partial charge in [-0.25, -0.2) is 9.37 Å². The molecule has 0 bridgehead atoms. The Labute approximate surface area is 167 Å². The zero-order valence-corrected chi connectivity index (χ0v) is 17.5. The van der Waals surface area contributed by atoms with Crippen molar-refractivity contribution in [2.75, 3.05) is 25.9 Å². The normalized spacial score (nSPS) is 11.0. The molecule has 132 valence electrons. The first-order valence-corrected chi connectivity index (χ1v) is 9.36. The minimum atomic E-state index is -0.156. The molecule has 0 aliphatic rings. The van der Waals surface area contributed by atoms with Crippen LogP contribution in [0.2, 0.25) is 0 Å². The molecule has 1 aromatic heterocycles. The van der Waals surface area contributed by atoms with Crippen molar-refractivity contribution in [3.8, 4) is 0 Å². The molecule has 0 fully saturated rings. The lowest BCUT2D eigenvalue weighted by molar-refractivity contribution is 0.606. The number of hydrogen-bond donors (Lipinski definition) is 2. The molecular weight excluding hydrogens is 458 g/mol. The number of nitrogens with zero attached hydrogens (tertiary/aromatic N) is 2. The third-order valence-electron chi connectivity index (χ3n) is 3.12. The number of thioether (sulfide) groups is 1. The third-order valence-corrected chi connectivity index (χ3v) is 5.17. The Morgan fingerprint density at radius 2 is 2.08 bits per heavy atom. The van der Waals surface area contributed by atoms with Gasteiger partial charge in [0.25, 0.3) is 0 Å². The summed E-state index contributed by atoms with van der Waals surface area (Å²) in [6.07, 6.45) is 3.48. The number of aromatic nitrogens is 1. The van der Waals surface area contributed by atoms with Crippen LogP contribution in [0.1, 0.15) is 12.0 Å². The van der Waals surface area contributed by atoms with Crippen molar-refractivity contribution in [3.63, 3.8) is 0 Å². The SMILES string of the molecule is CN=C(NCCCSc1nccs1)NCCc1ccccc1F.I. The summed E-state index contributed by atoms with van der Waals surface area (Å²) < 4.78 is 14.6. The Hall–Kier alpha value is -0.870. The van der Waals surface area contributed by atoms with Crippen LogP contribution in [0.15, 0.2) is 45.2 Å². The lowest BCUT2D eigenvalue weighted by atomic mass is 10.1. The number of benzene rings is 1. The van der Waals surface area contributed by atoms with Gasteiger partial charge in [-0.3, -0.25) is 4.99 Å². The highest BCUT2D eigenvalue weighted by atomic mass is 127. The predicted molar refractivity (Wildman–Crippen MR) is 112 cm³/mol. The average Bonchev–Trinajstić information content (AvgIpc) is 3.08. The van der Waals surface area contributed by atoms with Gasteiger partial charge in [0, 0.05) is 37.5 Å². The van der Waals surface area contributed by atoms with Crippen molar-refractivity contribution < 1.29 is 4.39 Å². The van der Waals surface area contributed by atoms with E-state index in [9.17, 15) is 4.39 Å². The molecule has 8 heteroatoms. The van der Waals surface area contributed by atoms with Gasteiger partial charge in [-0.05, 0) is 24.5 Å². The quantitative estimate of drug-likeness (QED) is 0.199. The van der Waals surface area contributed by atoms with E-state index in [4.69, 9.17) is 0 Å². The Bertz CT molecular complexity index is 608. The molecule has 0 atom stereocenters. The molecule has 0 saturated carbocycles. The molecule has 0 amide bonds. The van der Waals surface area contributed by atoms with Crippen molar-refractivity contribution in [2.24, 2.45) is 4.99 Å². The summed E-state index contributed by atoms with van der Waals surface area (Å²) in [5, 5.41) is 8.46. The summed E-state index contributed by atoms with van der Waals surface area (Å²) in [5.74, 6) is 1.62. The van der Waals surface area contributed by atoms with Gasteiger partial charge < -0.3 is 10.6 Å². The van der Waals surface area contributed by atoms with E-state index in [-0.39, 0.29) is 29.8 Å². The molecule has 24 heavy (non-hydrogen) atoms. The van der Waals surface area contributed by atoms with Crippen LogP contribution in [0.4, 0.5) is 4.39 Å². The minimum absolute atomic E-state index is 0. The molecule has 0 saturated heterocycles. The van der Waals surface area contributed by atoms with E-state index < -0.39 is 0 Å². The third kappa shape index (κ3) is 7.80. The molecule has 2 N–H and O–H groups in total. The van der Waals surface area contributed by atoms with Crippen molar-refractivity contribution in [2.45, 2.75) is 17.2 Å². The van der Waals surface area contributed by atoms with Gasteiger partial charge in [0.1, 0.15) is 10.2 Å². The van der Waals surface area contributed by atoms with Crippen LogP contribution in [-0.2, 0) is 6.42 Å². The van der Waals surface area contributed by atoms with Crippen LogP contribution in [0, 0.1) is 5.82 Å². The lowest BCUT2D eigenvalue weighted by Gasteiger charge is -2.11. The first-order chi connectivity index (χ1) is 11.3. The molecule has 1 heterocycles. The summed E-state index contributed by atoms with van der Waals surface area (Å²) in [7, 11) is 1.74. The Morgan fingerprint density at radius 1 is 1.29 bits per heavy atom. The molecule has 2 rings (SSSR count). The van der Waals surface area contributed by atoms with Crippen LogP contribution < -0.4 is 10.6 Å². The van der Waals surface area contributed by atoms with Gasteiger partial charge in [0.05, 0.1) is 0 Å². The number of halogens is 2. The number of thiazole rings is 1. The first kappa shape index (κ1) is 21.2. The van der Waals surface area contributed by atoms with E-state index in [1.807, 2.05) is 23.7 Å². The number of nitrogens with one attached hydrogen (secondary N) is 2. The van der Waals surface area contributed by atoms with Gasteiger partial charge in [0.15, 0.2) is 5.96 Å². The Morgan fingerprint density at radius 3 is 2.79 bits per heavy atom. The predicted octanol–water partition coefficient (Wildman–Crippen LogP) is 3.79. The topological polar surface area (TPSA) is 49.3 Å². The molecule has 0 aliphatic carbocycles. The van der Waals surface area contributed by atoms with Crippen LogP contribution in [0.3, 0.4) is 0 Å². The smallest absolute Gasteiger partial charge is 0.190 e. The average molecular weight is 480 g/mol. The van der Waals surface area contributed by atoms with E-state index in [2.05, 4.69) is 20.6 Å². The number of hydrogen-bond acceptors (Lipinski definition) is 4. The largest absolute Gasteiger partial charge is 0.356 e. The van der Waals surface area contributed by atoms with Crippen LogP contribution in [0.5, 0.6) is 0 Å². The van der Waals surface area contributed by atoms with Gasteiger partial charge in [-0.15, -0.1) is 35.3 Å². The summed E-state index contributed by atoms with van der Waals surface area (Å²) in [5.41, 5.74) is 0.718. The summed E-state index contributed by atoms with van der Waals surface area (Å²) in [4.78, 5) is 8.41. The maximum atomic E-state index is 13.5. The molecule has 0 aliphatic heterocycles.